The fourth-order valence-corrected chi connectivity index (χ4v) is 1.33. The zero-order chi connectivity index (χ0) is 11.5. The molecule has 0 amide bonds. The maximum absolute atomic E-state index is 13.3. The molecule has 0 bridgehead atoms. The average molecular weight is 221 g/mol. The molecule has 0 saturated heterocycles. The number of benzene rings is 2. The van der Waals surface area contributed by atoms with E-state index >= 15 is 0 Å². The van der Waals surface area contributed by atoms with Crippen LogP contribution in [0.5, 0.6) is 5.75 Å². The molecule has 0 fully saturated rings. The van der Waals surface area contributed by atoms with E-state index in [0.29, 0.717) is 5.69 Å². The lowest BCUT2D eigenvalue weighted by Crippen LogP contribution is -1.94. The summed E-state index contributed by atoms with van der Waals surface area (Å²) in [6, 6.07) is 9.30. The highest BCUT2D eigenvalue weighted by Crippen LogP contribution is 2.23. The van der Waals surface area contributed by atoms with Crippen LogP contribution in [-0.2, 0) is 0 Å². The first kappa shape index (κ1) is 10.4. The van der Waals surface area contributed by atoms with Crippen LogP contribution < -0.4 is 5.32 Å². The maximum atomic E-state index is 13.3. The Kier molecular flexibility index (Phi) is 2.72. The average Bonchev–Trinajstić information content (AvgIpc) is 2.24. The third-order valence-electron chi connectivity index (χ3n) is 2.05. The van der Waals surface area contributed by atoms with E-state index in [-0.39, 0.29) is 11.4 Å². The Bertz CT molecular complexity index is 514. The molecule has 2 rings (SSSR count). The summed E-state index contributed by atoms with van der Waals surface area (Å²) >= 11 is 0. The van der Waals surface area contributed by atoms with Crippen molar-refractivity contribution in [2.45, 2.75) is 0 Å². The summed E-state index contributed by atoms with van der Waals surface area (Å²) in [5.74, 6) is -1.02. The van der Waals surface area contributed by atoms with Crippen molar-refractivity contribution in [3.05, 3.63) is 54.1 Å². The van der Waals surface area contributed by atoms with Crippen LogP contribution in [0.3, 0.4) is 0 Å². The quantitative estimate of drug-likeness (QED) is 0.814. The molecule has 4 heteroatoms. The molecule has 0 unspecified atom stereocenters. The minimum absolute atomic E-state index is 0.0330. The molecule has 0 radical (unpaired) electrons. The monoisotopic (exact) mass is 221 g/mol. The molecule has 0 spiro atoms. The number of hydrogen-bond acceptors (Lipinski definition) is 2. The van der Waals surface area contributed by atoms with E-state index in [1.54, 1.807) is 12.1 Å². The minimum atomic E-state index is -0.551. The van der Waals surface area contributed by atoms with Crippen LogP contribution in [0.1, 0.15) is 0 Å². The SMILES string of the molecule is Oc1cccc(Nc2cc(F)ccc2F)c1. The Morgan fingerprint density at radius 3 is 2.56 bits per heavy atom. The molecule has 0 aliphatic heterocycles. The lowest BCUT2D eigenvalue weighted by molar-refractivity contribution is 0.475. The smallest absolute Gasteiger partial charge is 0.146 e. The molecule has 2 nitrogen and oxygen atoms in total. The predicted octanol–water partition coefficient (Wildman–Crippen LogP) is 3.41. The number of rotatable bonds is 2. The third kappa shape index (κ3) is 2.28. The molecule has 0 aromatic heterocycles. The normalized spacial score (nSPS) is 10.1. The number of anilines is 2. The Labute approximate surface area is 91.2 Å². The zero-order valence-electron chi connectivity index (χ0n) is 8.24. The van der Waals surface area contributed by atoms with Gasteiger partial charge in [0, 0.05) is 17.8 Å². The van der Waals surface area contributed by atoms with Crippen LogP contribution in [0.2, 0.25) is 0 Å². The van der Waals surface area contributed by atoms with Crippen molar-refractivity contribution in [1.29, 1.82) is 0 Å². The van der Waals surface area contributed by atoms with Crippen molar-refractivity contribution in [3.8, 4) is 5.75 Å². The van der Waals surface area contributed by atoms with Gasteiger partial charge in [0.25, 0.3) is 0 Å². The number of halogens is 2. The van der Waals surface area contributed by atoms with Crippen LogP contribution in [0, 0.1) is 11.6 Å². The van der Waals surface area contributed by atoms with E-state index in [2.05, 4.69) is 5.32 Å². The van der Waals surface area contributed by atoms with Gasteiger partial charge in [-0.2, -0.15) is 0 Å². The van der Waals surface area contributed by atoms with Crippen molar-refractivity contribution in [1.82, 2.24) is 0 Å². The van der Waals surface area contributed by atoms with E-state index in [0.717, 1.165) is 18.2 Å². The highest BCUT2D eigenvalue weighted by molar-refractivity contribution is 5.61. The summed E-state index contributed by atoms with van der Waals surface area (Å²) in [5.41, 5.74) is 0.523. The van der Waals surface area contributed by atoms with Gasteiger partial charge in [0.2, 0.25) is 0 Å². The van der Waals surface area contributed by atoms with E-state index < -0.39 is 11.6 Å². The second-order valence-electron chi connectivity index (χ2n) is 3.30. The van der Waals surface area contributed by atoms with Gasteiger partial charge in [-0.1, -0.05) is 6.07 Å². The summed E-state index contributed by atoms with van der Waals surface area (Å²) in [7, 11) is 0. The summed E-state index contributed by atoms with van der Waals surface area (Å²) in [6.45, 7) is 0. The molecule has 0 atom stereocenters. The highest BCUT2D eigenvalue weighted by atomic mass is 19.1. The highest BCUT2D eigenvalue weighted by Gasteiger charge is 2.04. The zero-order valence-corrected chi connectivity index (χ0v) is 8.24. The molecular weight excluding hydrogens is 212 g/mol. The standard InChI is InChI=1S/C12H9F2NO/c13-8-4-5-11(14)12(6-8)15-9-2-1-3-10(16)7-9/h1-7,15-16H. The van der Waals surface area contributed by atoms with Gasteiger partial charge in [-0.3, -0.25) is 0 Å². The van der Waals surface area contributed by atoms with Crippen LogP contribution in [0.4, 0.5) is 20.2 Å². The minimum Gasteiger partial charge on any atom is -0.508 e. The first-order valence-corrected chi connectivity index (χ1v) is 4.66. The van der Waals surface area contributed by atoms with Crippen molar-refractivity contribution in [2.24, 2.45) is 0 Å². The largest absolute Gasteiger partial charge is 0.508 e. The molecule has 0 aliphatic carbocycles. The second-order valence-corrected chi connectivity index (χ2v) is 3.30. The number of phenols is 1. The number of phenolic OH excluding ortho intramolecular Hbond substituents is 1. The number of nitrogens with one attached hydrogen (secondary N) is 1. The van der Waals surface area contributed by atoms with Crippen molar-refractivity contribution < 1.29 is 13.9 Å². The van der Waals surface area contributed by atoms with Gasteiger partial charge in [0.15, 0.2) is 0 Å². The van der Waals surface area contributed by atoms with Gasteiger partial charge >= 0.3 is 0 Å². The third-order valence-corrected chi connectivity index (χ3v) is 2.05. The first-order chi connectivity index (χ1) is 7.65. The van der Waals surface area contributed by atoms with E-state index in [1.165, 1.54) is 12.1 Å². The van der Waals surface area contributed by atoms with Gasteiger partial charge in [0.05, 0.1) is 5.69 Å². The van der Waals surface area contributed by atoms with Gasteiger partial charge in [-0.05, 0) is 24.3 Å². The first-order valence-electron chi connectivity index (χ1n) is 4.66. The van der Waals surface area contributed by atoms with E-state index in [9.17, 15) is 13.9 Å². The topological polar surface area (TPSA) is 32.3 Å². The van der Waals surface area contributed by atoms with Gasteiger partial charge in [-0.15, -0.1) is 0 Å². The molecule has 2 aromatic carbocycles. The summed E-state index contributed by atoms with van der Waals surface area (Å²) < 4.78 is 26.1. The lowest BCUT2D eigenvalue weighted by atomic mass is 10.2. The van der Waals surface area contributed by atoms with E-state index in [1.807, 2.05) is 0 Å². The Morgan fingerprint density at radius 1 is 1.00 bits per heavy atom. The Balaban J connectivity index is 2.30. The maximum Gasteiger partial charge on any atom is 0.146 e. The van der Waals surface area contributed by atoms with Crippen LogP contribution >= 0.6 is 0 Å². The van der Waals surface area contributed by atoms with Gasteiger partial charge in [0.1, 0.15) is 17.4 Å². The van der Waals surface area contributed by atoms with Crippen LogP contribution in [-0.4, -0.2) is 5.11 Å². The molecular formula is C12H9F2NO. The van der Waals surface area contributed by atoms with Crippen molar-refractivity contribution >= 4 is 11.4 Å². The van der Waals surface area contributed by atoms with Crippen LogP contribution in [0.25, 0.3) is 0 Å². The number of aromatic hydroxyl groups is 1. The van der Waals surface area contributed by atoms with E-state index in [4.69, 9.17) is 0 Å². The molecule has 2 aromatic rings. The molecule has 0 aliphatic rings. The fourth-order valence-electron chi connectivity index (χ4n) is 1.33. The van der Waals surface area contributed by atoms with Crippen LogP contribution in [0.15, 0.2) is 42.5 Å². The summed E-state index contributed by atoms with van der Waals surface area (Å²) in [5, 5.41) is 11.9. The molecule has 2 N–H and O–H groups in total. The Morgan fingerprint density at radius 2 is 1.81 bits per heavy atom. The molecule has 82 valence electrons. The molecule has 0 saturated carbocycles. The van der Waals surface area contributed by atoms with Crippen molar-refractivity contribution in [2.75, 3.05) is 5.32 Å². The summed E-state index contributed by atoms with van der Waals surface area (Å²) in [6.07, 6.45) is 0. The Hall–Kier alpha value is -2.10. The molecule has 16 heavy (non-hydrogen) atoms. The fraction of sp³-hybridized carbons (Fsp3) is 0. The second kappa shape index (κ2) is 4.18. The van der Waals surface area contributed by atoms with Crippen molar-refractivity contribution in [3.63, 3.8) is 0 Å². The van der Waals surface area contributed by atoms with Gasteiger partial charge in [-0.25, -0.2) is 8.78 Å². The predicted molar refractivity (Wildman–Crippen MR) is 57.7 cm³/mol. The lowest BCUT2D eigenvalue weighted by Gasteiger charge is -2.07. The van der Waals surface area contributed by atoms with Gasteiger partial charge < -0.3 is 10.4 Å². The number of hydrogen-bond donors (Lipinski definition) is 2. The summed E-state index contributed by atoms with van der Waals surface area (Å²) in [4.78, 5) is 0. The molecule has 0 heterocycles.